The van der Waals surface area contributed by atoms with Crippen molar-refractivity contribution >= 4 is 32.6 Å². The number of nitrogens with zero attached hydrogens (tertiary/aromatic N) is 2. The van der Waals surface area contributed by atoms with Crippen LogP contribution in [0.4, 0.5) is 9.52 Å². The number of nitrogens with one attached hydrogen (secondary N) is 1. The van der Waals surface area contributed by atoms with Crippen LogP contribution in [0.1, 0.15) is 15.9 Å². The number of carbonyl (C=O) groups is 1. The fraction of sp³-hybridized carbons (Fsp3) is 0. The number of carbonyl (C=O) groups excluding carboxylic acids is 1. The van der Waals surface area contributed by atoms with Crippen LogP contribution in [0.25, 0.3) is 10.2 Å². The number of nitriles is 1. The molecular weight excluding hydrogens is 289 g/mol. The van der Waals surface area contributed by atoms with E-state index in [9.17, 15) is 9.18 Å². The highest BCUT2D eigenvalue weighted by Gasteiger charge is 2.10. The summed E-state index contributed by atoms with van der Waals surface area (Å²) >= 11 is 1.28. The maximum absolute atomic E-state index is 12.8. The highest BCUT2D eigenvalue weighted by molar-refractivity contribution is 7.22. The second-order valence-electron chi connectivity index (χ2n) is 4.27. The third kappa shape index (κ3) is 2.73. The lowest BCUT2D eigenvalue weighted by Gasteiger charge is -2.00. The molecule has 0 aliphatic heterocycles. The van der Waals surface area contributed by atoms with Gasteiger partial charge in [-0.2, -0.15) is 5.26 Å². The van der Waals surface area contributed by atoms with Crippen LogP contribution >= 0.6 is 11.3 Å². The SMILES string of the molecule is N#Cc1ccc2nc(NC(=O)c3ccc(F)cc3)sc2c1. The Morgan fingerprint density at radius 1 is 1.24 bits per heavy atom. The van der Waals surface area contributed by atoms with Crippen molar-refractivity contribution < 1.29 is 9.18 Å². The second-order valence-corrected chi connectivity index (χ2v) is 5.30. The molecule has 0 fully saturated rings. The van der Waals surface area contributed by atoms with Crippen LogP contribution in [-0.2, 0) is 0 Å². The Bertz CT molecular complexity index is 865. The molecule has 0 saturated heterocycles. The van der Waals surface area contributed by atoms with Gasteiger partial charge in [0.25, 0.3) is 5.91 Å². The first-order valence-corrected chi connectivity index (χ1v) is 6.85. The van der Waals surface area contributed by atoms with Crippen LogP contribution in [0.2, 0.25) is 0 Å². The molecule has 1 N–H and O–H groups in total. The van der Waals surface area contributed by atoms with Gasteiger partial charge in [-0.1, -0.05) is 11.3 Å². The Hall–Kier alpha value is -2.78. The summed E-state index contributed by atoms with van der Waals surface area (Å²) in [5, 5.41) is 12.0. The van der Waals surface area contributed by atoms with Gasteiger partial charge < -0.3 is 0 Å². The summed E-state index contributed by atoms with van der Waals surface area (Å²) in [6, 6.07) is 12.5. The fourth-order valence-electron chi connectivity index (χ4n) is 1.82. The lowest BCUT2D eigenvalue weighted by Crippen LogP contribution is -2.11. The van der Waals surface area contributed by atoms with Gasteiger partial charge >= 0.3 is 0 Å². The highest BCUT2D eigenvalue weighted by Crippen LogP contribution is 2.27. The number of thiazole rings is 1. The third-order valence-corrected chi connectivity index (χ3v) is 3.78. The van der Waals surface area contributed by atoms with Crippen LogP contribution < -0.4 is 5.32 Å². The van der Waals surface area contributed by atoms with Gasteiger partial charge in [0.15, 0.2) is 5.13 Å². The molecule has 0 atom stereocenters. The lowest BCUT2D eigenvalue weighted by molar-refractivity contribution is 0.102. The van der Waals surface area contributed by atoms with Crippen LogP contribution in [0.3, 0.4) is 0 Å². The molecule has 3 rings (SSSR count). The average molecular weight is 297 g/mol. The minimum absolute atomic E-state index is 0.352. The summed E-state index contributed by atoms with van der Waals surface area (Å²) in [5.41, 5.74) is 1.62. The van der Waals surface area contributed by atoms with Crippen LogP contribution in [-0.4, -0.2) is 10.9 Å². The molecule has 0 bridgehead atoms. The molecule has 0 spiro atoms. The Balaban J connectivity index is 1.86. The standard InChI is InChI=1S/C15H8FN3OS/c16-11-4-2-10(3-5-11)14(20)19-15-18-12-6-1-9(8-17)7-13(12)21-15/h1-7H,(H,18,19,20). The first-order chi connectivity index (χ1) is 10.2. The molecule has 1 heterocycles. The van der Waals surface area contributed by atoms with Crippen LogP contribution in [0, 0.1) is 17.1 Å². The van der Waals surface area contributed by atoms with Crippen molar-refractivity contribution in [2.45, 2.75) is 0 Å². The summed E-state index contributed by atoms with van der Waals surface area (Å²) in [4.78, 5) is 16.3. The van der Waals surface area contributed by atoms with Gasteiger partial charge in [-0.05, 0) is 42.5 Å². The van der Waals surface area contributed by atoms with Gasteiger partial charge in [-0.3, -0.25) is 10.1 Å². The topological polar surface area (TPSA) is 65.8 Å². The average Bonchev–Trinajstić information content (AvgIpc) is 2.88. The summed E-state index contributed by atoms with van der Waals surface area (Å²) < 4.78 is 13.6. The van der Waals surface area contributed by atoms with E-state index in [-0.39, 0.29) is 5.91 Å². The predicted molar refractivity (Wildman–Crippen MR) is 78.7 cm³/mol. The quantitative estimate of drug-likeness (QED) is 0.786. The predicted octanol–water partition coefficient (Wildman–Crippen LogP) is 3.56. The van der Waals surface area contributed by atoms with E-state index in [4.69, 9.17) is 5.26 Å². The fourth-order valence-corrected chi connectivity index (χ4v) is 2.72. The third-order valence-electron chi connectivity index (χ3n) is 2.84. The summed E-state index contributed by atoms with van der Waals surface area (Å²) in [6.07, 6.45) is 0. The normalized spacial score (nSPS) is 10.3. The number of amides is 1. The second kappa shape index (κ2) is 5.31. The zero-order valence-electron chi connectivity index (χ0n) is 10.6. The largest absolute Gasteiger partial charge is 0.298 e. The molecule has 0 radical (unpaired) electrons. The number of rotatable bonds is 2. The van der Waals surface area contributed by atoms with Crippen molar-refractivity contribution in [2.24, 2.45) is 0 Å². The zero-order chi connectivity index (χ0) is 14.8. The molecule has 102 valence electrons. The lowest BCUT2D eigenvalue weighted by atomic mass is 10.2. The summed E-state index contributed by atoms with van der Waals surface area (Å²) in [7, 11) is 0. The van der Waals surface area contributed by atoms with E-state index < -0.39 is 5.82 Å². The molecule has 6 heteroatoms. The van der Waals surface area contributed by atoms with E-state index in [2.05, 4.69) is 16.4 Å². The maximum Gasteiger partial charge on any atom is 0.257 e. The zero-order valence-corrected chi connectivity index (χ0v) is 11.4. The number of halogens is 1. The van der Waals surface area contributed by atoms with Crippen molar-refractivity contribution in [3.8, 4) is 6.07 Å². The summed E-state index contributed by atoms with van der Waals surface area (Å²) in [5.74, 6) is -0.745. The molecule has 2 aromatic carbocycles. The van der Waals surface area contributed by atoms with Crippen molar-refractivity contribution in [1.29, 1.82) is 5.26 Å². The molecule has 0 aliphatic rings. The van der Waals surface area contributed by atoms with Crippen molar-refractivity contribution in [2.75, 3.05) is 5.32 Å². The molecule has 21 heavy (non-hydrogen) atoms. The van der Waals surface area contributed by atoms with Gasteiger partial charge in [0.1, 0.15) is 5.82 Å². The molecule has 1 amide bonds. The van der Waals surface area contributed by atoms with Crippen LogP contribution in [0.5, 0.6) is 0 Å². The molecule has 3 aromatic rings. The number of hydrogen-bond donors (Lipinski definition) is 1. The monoisotopic (exact) mass is 297 g/mol. The Morgan fingerprint density at radius 2 is 2.00 bits per heavy atom. The van der Waals surface area contributed by atoms with Gasteiger partial charge in [0, 0.05) is 5.56 Å². The van der Waals surface area contributed by atoms with E-state index in [1.165, 1.54) is 35.6 Å². The number of hydrogen-bond acceptors (Lipinski definition) is 4. The van der Waals surface area contributed by atoms with Gasteiger partial charge in [0.2, 0.25) is 0 Å². The minimum Gasteiger partial charge on any atom is -0.298 e. The number of fused-ring (bicyclic) bond motifs is 1. The molecule has 1 aromatic heterocycles. The van der Waals surface area contributed by atoms with E-state index in [0.717, 1.165) is 4.70 Å². The first-order valence-electron chi connectivity index (χ1n) is 6.03. The molecule has 4 nitrogen and oxygen atoms in total. The Kier molecular flexibility index (Phi) is 3.34. The van der Waals surface area contributed by atoms with E-state index in [1.54, 1.807) is 18.2 Å². The van der Waals surface area contributed by atoms with Crippen molar-refractivity contribution in [3.05, 3.63) is 59.4 Å². The van der Waals surface area contributed by atoms with Crippen molar-refractivity contribution in [1.82, 2.24) is 4.98 Å². The van der Waals surface area contributed by atoms with E-state index in [0.29, 0.717) is 21.8 Å². The van der Waals surface area contributed by atoms with Crippen LogP contribution in [0.15, 0.2) is 42.5 Å². The molecule has 0 aliphatic carbocycles. The molecule has 0 saturated carbocycles. The minimum atomic E-state index is -0.393. The highest BCUT2D eigenvalue weighted by atomic mass is 32.1. The van der Waals surface area contributed by atoms with Crippen molar-refractivity contribution in [3.63, 3.8) is 0 Å². The maximum atomic E-state index is 12.8. The first kappa shape index (κ1) is 13.2. The number of aromatic nitrogens is 1. The number of anilines is 1. The van der Waals surface area contributed by atoms with Gasteiger partial charge in [-0.15, -0.1) is 0 Å². The molecule has 0 unspecified atom stereocenters. The smallest absolute Gasteiger partial charge is 0.257 e. The molecular formula is C15H8FN3OS. The van der Waals surface area contributed by atoms with Gasteiger partial charge in [0.05, 0.1) is 21.8 Å². The Labute approximate surface area is 123 Å². The summed E-state index contributed by atoms with van der Waals surface area (Å²) in [6.45, 7) is 0. The Morgan fingerprint density at radius 3 is 2.71 bits per heavy atom. The number of benzene rings is 2. The van der Waals surface area contributed by atoms with E-state index >= 15 is 0 Å². The van der Waals surface area contributed by atoms with Gasteiger partial charge in [-0.25, -0.2) is 9.37 Å². The van der Waals surface area contributed by atoms with E-state index in [1.807, 2.05) is 0 Å².